The Labute approximate surface area is 213 Å². The highest BCUT2D eigenvalue weighted by Crippen LogP contribution is 2.26. The third kappa shape index (κ3) is 5.97. The van der Waals surface area contributed by atoms with Crippen LogP contribution in [0.2, 0.25) is 0 Å². The van der Waals surface area contributed by atoms with Gasteiger partial charge in [-0.2, -0.15) is 0 Å². The summed E-state index contributed by atoms with van der Waals surface area (Å²) in [4.78, 5) is 21.9. The number of piperazine rings is 1. The van der Waals surface area contributed by atoms with Crippen LogP contribution in [0.25, 0.3) is 0 Å². The van der Waals surface area contributed by atoms with Crippen LogP contribution >= 0.6 is 0 Å². The number of methoxy groups -OCH3 is 1. The summed E-state index contributed by atoms with van der Waals surface area (Å²) in [6.45, 7) is 9.45. The van der Waals surface area contributed by atoms with E-state index >= 15 is 0 Å². The molecule has 1 saturated heterocycles. The number of hydrogen-bond donors (Lipinski definition) is 0. The monoisotopic (exact) mass is 512 g/mol. The predicted octanol–water partition coefficient (Wildman–Crippen LogP) is 2.51. The van der Waals surface area contributed by atoms with Crippen LogP contribution in [0, 0.1) is 20.8 Å². The molecule has 1 fully saturated rings. The van der Waals surface area contributed by atoms with E-state index in [0.29, 0.717) is 18.0 Å². The smallest absolute Gasteiger partial charge is 0.311 e. The first-order chi connectivity index (χ1) is 17.2. The van der Waals surface area contributed by atoms with E-state index in [4.69, 9.17) is 9.15 Å². The second-order valence-corrected chi connectivity index (χ2v) is 10.5. The Bertz CT molecular complexity index is 1230. The number of carbonyl (C=O) groups excluding carboxylic acids is 1. The summed E-state index contributed by atoms with van der Waals surface area (Å²) in [5.74, 6) is 0.643. The molecule has 0 saturated carbocycles. The molecular formula is C25H32N6O4S. The van der Waals surface area contributed by atoms with Gasteiger partial charge in [0.25, 0.3) is 0 Å². The Balaban J connectivity index is 1.33. The maximum Gasteiger partial charge on any atom is 0.311 e. The van der Waals surface area contributed by atoms with E-state index < -0.39 is 11.0 Å². The Morgan fingerprint density at radius 1 is 1.11 bits per heavy atom. The number of rotatable bonds is 8. The Morgan fingerprint density at radius 2 is 1.81 bits per heavy atom. The summed E-state index contributed by atoms with van der Waals surface area (Å²) < 4.78 is 25.7. The van der Waals surface area contributed by atoms with Crippen molar-refractivity contribution in [2.75, 3.05) is 40.3 Å². The second kappa shape index (κ2) is 11.3. The molecule has 1 amide bonds. The van der Waals surface area contributed by atoms with E-state index in [-0.39, 0.29) is 24.2 Å². The molecule has 10 nitrogen and oxygen atoms in total. The van der Waals surface area contributed by atoms with Crippen LogP contribution in [0.15, 0.2) is 39.8 Å². The third-order valence-corrected chi connectivity index (χ3v) is 7.85. The molecule has 0 radical (unpaired) electrons. The van der Waals surface area contributed by atoms with Crippen LogP contribution in [-0.4, -0.2) is 79.7 Å². The Hall–Kier alpha value is -3.15. The lowest BCUT2D eigenvalue weighted by Crippen LogP contribution is -2.48. The van der Waals surface area contributed by atoms with Crippen molar-refractivity contribution in [3.8, 4) is 5.75 Å². The quantitative estimate of drug-likeness (QED) is 0.453. The van der Waals surface area contributed by atoms with Crippen LogP contribution in [0.3, 0.4) is 0 Å². The number of aromatic nitrogens is 3. The van der Waals surface area contributed by atoms with E-state index in [1.165, 1.54) is 5.56 Å². The molecule has 11 heteroatoms. The van der Waals surface area contributed by atoms with Crippen LogP contribution in [0.4, 0.5) is 0 Å². The first-order valence-corrected chi connectivity index (χ1v) is 12.9. The topological polar surface area (TPSA) is 105 Å². The number of benzene rings is 1. The fourth-order valence-corrected chi connectivity index (χ4v) is 5.53. The summed E-state index contributed by atoms with van der Waals surface area (Å²) in [7, 11) is 1.88. The highest BCUT2D eigenvalue weighted by Gasteiger charge is 2.27. The molecule has 36 heavy (non-hydrogen) atoms. The molecule has 1 aliphatic heterocycles. The first kappa shape index (κ1) is 25.9. The molecule has 2 aromatic heterocycles. The first-order valence-electron chi connectivity index (χ1n) is 11.8. The molecule has 1 aromatic carbocycles. The van der Waals surface area contributed by atoms with Crippen molar-refractivity contribution in [1.29, 1.82) is 0 Å². The molecule has 1 atom stereocenters. The molecule has 0 spiro atoms. The summed E-state index contributed by atoms with van der Waals surface area (Å²) in [5.41, 5.74) is 3.95. The Kier molecular flexibility index (Phi) is 8.12. The van der Waals surface area contributed by atoms with E-state index in [9.17, 15) is 9.00 Å². The lowest BCUT2D eigenvalue weighted by atomic mass is 10.1. The standard InChI is InChI=1S/C25H32N6O4S/c1-17-12-21(34-5)13-18(2)23(17)36(33)29(4)16-22-27-28-24(35-22)25(32)31-10-8-30(9-11-31)15-20-6-7-26-19(3)14-20/h6-7,12-14H,8-11,15-16H2,1-5H3. The molecule has 192 valence electrons. The average molecular weight is 513 g/mol. The second-order valence-electron chi connectivity index (χ2n) is 9.00. The van der Waals surface area contributed by atoms with Crippen LogP contribution in [0.1, 0.15) is 39.0 Å². The van der Waals surface area contributed by atoms with Crippen molar-refractivity contribution in [3.05, 3.63) is 64.6 Å². The Morgan fingerprint density at radius 3 is 2.44 bits per heavy atom. The molecule has 0 N–H and O–H groups in total. The van der Waals surface area contributed by atoms with Crippen molar-refractivity contribution in [2.45, 2.75) is 38.8 Å². The zero-order valence-corrected chi connectivity index (χ0v) is 22.2. The molecule has 4 rings (SSSR count). The maximum atomic E-state index is 13.2. The maximum absolute atomic E-state index is 13.2. The molecule has 3 aromatic rings. The predicted molar refractivity (Wildman–Crippen MR) is 135 cm³/mol. The SMILES string of the molecule is COc1cc(C)c(S(=O)N(C)Cc2nnc(C(=O)N3CCN(Cc4ccnc(C)c4)CC3)o2)c(C)c1. The molecule has 0 aliphatic carbocycles. The molecule has 0 bridgehead atoms. The lowest BCUT2D eigenvalue weighted by molar-refractivity contribution is 0.0587. The van der Waals surface area contributed by atoms with Crippen molar-refractivity contribution >= 4 is 16.9 Å². The van der Waals surface area contributed by atoms with E-state index in [1.54, 1.807) is 23.4 Å². The lowest BCUT2D eigenvalue weighted by Gasteiger charge is -2.34. The van der Waals surface area contributed by atoms with Crippen molar-refractivity contribution in [2.24, 2.45) is 0 Å². The van der Waals surface area contributed by atoms with Gasteiger partial charge in [-0.15, -0.1) is 10.2 Å². The largest absolute Gasteiger partial charge is 0.497 e. The normalized spacial score (nSPS) is 15.3. The fourth-order valence-electron chi connectivity index (χ4n) is 4.32. The average Bonchev–Trinajstić information content (AvgIpc) is 3.32. The van der Waals surface area contributed by atoms with Crippen molar-refractivity contribution in [1.82, 2.24) is 29.3 Å². The summed E-state index contributed by atoms with van der Waals surface area (Å²) in [6, 6.07) is 7.81. The van der Waals surface area contributed by atoms with Gasteiger partial charge in [-0.05, 0) is 61.7 Å². The number of pyridine rings is 1. The zero-order chi connectivity index (χ0) is 25.8. The van der Waals surface area contributed by atoms with Gasteiger partial charge < -0.3 is 14.1 Å². The minimum atomic E-state index is -1.45. The van der Waals surface area contributed by atoms with Gasteiger partial charge in [0.15, 0.2) is 0 Å². The number of aryl methyl sites for hydroxylation is 3. The molecule has 1 unspecified atom stereocenters. The number of carbonyl (C=O) groups is 1. The van der Waals surface area contributed by atoms with E-state index in [0.717, 1.165) is 42.2 Å². The van der Waals surface area contributed by atoms with Crippen LogP contribution in [0.5, 0.6) is 5.75 Å². The van der Waals surface area contributed by atoms with Gasteiger partial charge >= 0.3 is 11.8 Å². The summed E-state index contributed by atoms with van der Waals surface area (Å²) in [5, 5.41) is 7.98. The van der Waals surface area contributed by atoms with E-state index in [1.807, 2.05) is 45.2 Å². The summed E-state index contributed by atoms with van der Waals surface area (Å²) in [6.07, 6.45) is 1.82. The number of amides is 1. The molecule has 3 heterocycles. The van der Waals surface area contributed by atoms with Gasteiger partial charge in [0, 0.05) is 51.7 Å². The third-order valence-electron chi connectivity index (χ3n) is 6.16. The molecule has 1 aliphatic rings. The number of ether oxygens (including phenoxy) is 1. The van der Waals surface area contributed by atoms with Crippen molar-refractivity contribution in [3.63, 3.8) is 0 Å². The summed E-state index contributed by atoms with van der Waals surface area (Å²) >= 11 is 0. The van der Waals surface area contributed by atoms with Gasteiger partial charge in [0.1, 0.15) is 16.7 Å². The fraction of sp³-hybridized carbons (Fsp3) is 0.440. The number of nitrogens with zero attached hydrogens (tertiary/aromatic N) is 6. The van der Waals surface area contributed by atoms with Gasteiger partial charge in [0.2, 0.25) is 5.89 Å². The minimum absolute atomic E-state index is 0.0424. The molecular weight excluding hydrogens is 480 g/mol. The van der Waals surface area contributed by atoms with Crippen molar-refractivity contribution < 1.29 is 18.2 Å². The van der Waals surface area contributed by atoms with Gasteiger partial charge in [-0.1, -0.05) is 0 Å². The highest BCUT2D eigenvalue weighted by atomic mass is 32.2. The number of hydrogen-bond acceptors (Lipinski definition) is 8. The zero-order valence-electron chi connectivity index (χ0n) is 21.4. The van der Waals surface area contributed by atoms with Gasteiger partial charge in [0.05, 0.1) is 18.6 Å². The van der Waals surface area contributed by atoms with Gasteiger partial charge in [-0.3, -0.25) is 14.7 Å². The highest BCUT2D eigenvalue weighted by molar-refractivity contribution is 7.82. The minimum Gasteiger partial charge on any atom is -0.497 e. The van der Waals surface area contributed by atoms with Crippen LogP contribution < -0.4 is 4.74 Å². The van der Waals surface area contributed by atoms with E-state index in [2.05, 4.69) is 26.1 Å². The van der Waals surface area contributed by atoms with Crippen LogP contribution in [-0.2, 0) is 24.1 Å². The van der Waals surface area contributed by atoms with Gasteiger partial charge in [-0.25, -0.2) is 8.51 Å².